The fourth-order valence-electron chi connectivity index (χ4n) is 6.59. The molecule has 0 spiro atoms. The molecule has 0 aromatic heterocycles. The van der Waals surface area contributed by atoms with Crippen molar-refractivity contribution < 1.29 is 14.0 Å². The van der Waals surface area contributed by atoms with Gasteiger partial charge in [0.15, 0.2) is 5.78 Å². The Morgan fingerprint density at radius 2 is 2.00 bits per heavy atom. The summed E-state index contributed by atoms with van der Waals surface area (Å²) < 4.78 is 15.1. The fraction of sp³-hybridized carbons (Fsp3) is 0.810. The van der Waals surface area contributed by atoms with Crippen molar-refractivity contribution in [2.75, 3.05) is 0 Å². The molecule has 2 unspecified atom stereocenters. The number of alkyl halides is 2. The second kappa shape index (κ2) is 5.50. The Bertz CT molecular complexity index is 660. The molecular weight excluding hydrogens is 383 g/mol. The molecule has 0 heterocycles. The molecule has 25 heavy (non-hydrogen) atoms. The van der Waals surface area contributed by atoms with Gasteiger partial charge in [0.2, 0.25) is 0 Å². The van der Waals surface area contributed by atoms with Crippen LogP contribution in [0.5, 0.6) is 0 Å². The first kappa shape index (κ1) is 17.9. The Labute approximate surface area is 158 Å². The van der Waals surface area contributed by atoms with E-state index in [9.17, 15) is 9.59 Å². The summed E-state index contributed by atoms with van der Waals surface area (Å²) in [5.41, 5.74) is 0.222. The zero-order valence-electron chi connectivity index (χ0n) is 15.4. The largest absolute Gasteiger partial charge is 0.303 e. The molecule has 0 radical (unpaired) electrons. The topological polar surface area (TPSA) is 34.1 Å². The summed E-state index contributed by atoms with van der Waals surface area (Å²) in [7, 11) is 0. The number of carbonyl (C=O) groups excluding carboxylic acids is 2. The summed E-state index contributed by atoms with van der Waals surface area (Å²) >= 11 is 3.95. The Morgan fingerprint density at radius 3 is 2.60 bits per heavy atom. The van der Waals surface area contributed by atoms with Gasteiger partial charge in [-0.25, -0.2) is 4.39 Å². The molecule has 0 N–H and O–H groups in total. The van der Waals surface area contributed by atoms with Crippen LogP contribution in [0.15, 0.2) is 11.6 Å². The van der Waals surface area contributed by atoms with E-state index < -0.39 is 15.9 Å². The third-order valence-electron chi connectivity index (χ3n) is 8.20. The summed E-state index contributed by atoms with van der Waals surface area (Å²) in [4.78, 5) is 24.0. The number of carbonyl (C=O) groups is 2. The molecule has 0 amide bonds. The highest BCUT2D eigenvalue weighted by Crippen LogP contribution is 2.70. The maximum atomic E-state index is 15.7. The van der Waals surface area contributed by atoms with E-state index in [1.54, 1.807) is 6.08 Å². The number of halogens is 2. The van der Waals surface area contributed by atoms with Crippen LogP contribution in [-0.4, -0.2) is 22.6 Å². The minimum Gasteiger partial charge on any atom is -0.303 e. The first-order valence-electron chi connectivity index (χ1n) is 9.70. The van der Waals surface area contributed by atoms with Crippen molar-refractivity contribution in [3.63, 3.8) is 0 Å². The number of allylic oxidation sites excluding steroid dienone is 2. The zero-order valence-corrected chi connectivity index (χ0v) is 16.9. The molecule has 0 aromatic carbocycles. The third-order valence-corrected chi connectivity index (χ3v) is 10.2. The van der Waals surface area contributed by atoms with Crippen molar-refractivity contribution in [2.24, 2.45) is 34.5 Å². The van der Waals surface area contributed by atoms with Crippen molar-refractivity contribution in [3.8, 4) is 0 Å². The van der Waals surface area contributed by atoms with Gasteiger partial charge in [-0.05, 0) is 61.9 Å². The smallest absolute Gasteiger partial charge is 0.155 e. The molecule has 3 fully saturated rings. The van der Waals surface area contributed by atoms with Gasteiger partial charge in [0.25, 0.3) is 0 Å². The maximum absolute atomic E-state index is 15.7. The van der Waals surface area contributed by atoms with E-state index in [1.807, 2.05) is 6.92 Å². The number of hydrogen-bond donors (Lipinski definition) is 0. The van der Waals surface area contributed by atoms with Gasteiger partial charge in [0, 0.05) is 17.3 Å². The molecule has 8 atom stereocenters. The van der Waals surface area contributed by atoms with Crippen LogP contribution >= 0.6 is 15.9 Å². The molecule has 0 aliphatic heterocycles. The minimum atomic E-state index is -1.07. The summed E-state index contributed by atoms with van der Waals surface area (Å²) in [5.74, 6) is 1.73. The van der Waals surface area contributed by atoms with E-state index in [0.717, 1.165) is 31.1 Å². The number of aldehydes is 1. The second-order valence-electron chi connectivity index (χ2n) is 9.58. The Kier molecular flexibility index (Phi) is 3.93. The van der Waals surface area contributed by atoms with Crippen LogP contribution < -0.4 is 0 Å². The van der Waals surface area contributed by atoms with Gasteiger partial charge in [-0.3, -0.25) is 4.79 Å². The number of ketones is 1. The fourth-order valence-corrected chi connectivity index (χ4v) is 7.72. The molecule has 4 heteroatoms. The van der Waals surface area contributed by atoms with Crippen LogP contribution in [-0.2, 0) is 9.59 Å². The summed E-state index contributed by atoms with van der Waals surface area (Å²) in [6, 6.07) is 0. The number of fused-ring (bicyclic) bond motifs is 3. The maximum Gasteiger partial charge on any atom is 0.155 e. The molecular formula is C21H28BrFO2. The lowest BCUT2D eigenvalue weighted by Crippen LogP contribution is -2.66. The normalized spacial score (nSPS) is 55.0. The van der Waals surface area contributed by atoms with Crippen molar-refractivity contribution >= 4 is 28.0 Å². The lowest BCUT2D eigenvalue weighted by molar-refractivity contribution is -0.134. The molecule has 4 aliphatic carbocycles. The van der Waals surface area contributed by atoms with Gasteiger partial charge in [-0.15, -0.1) is 0 Å². The van der Waals surface area contributed by atoms with Crippen LogP contribution in [0.25, 0.3) is 0 Å². The van der Waals surface area contributed by atoms with Crippen LogP contribution in [0, 0.1) is 34.5 Å². The van der Waals surface area contributed by atoms with E-state index in [2.05, 4.69) is 29.8 Å². The molecule has 138 valence electrons. The lowest BCUT2D eigenvalue weighted by atomic mass is 9.45. The molecule has 4 rings (SSSR count). The predicted molar refractivity (Wildman–Crippen MR) is 99.3 cm³/mol. The Hall–Kier alpha value is -0.510. The second-order valence-corrected chi connectivity index (χ2v) is 10.9. The van der Waals surface area contributed by atoms with Gasteiger partial charge in [0.05, 0.1) is 4.32 Å². The molecule has 0 bridgehead atoms. The highest BCUT2D eigenvalue weighted by molar-refractivity contribution is 9.10. The number of hydrogen-bond acceptors (Lipinski definition) is 2. The van der Waals surface area contributed by atoms with E-state index >= 15 is 4.39 Å². The van der Waals surface area contributed by atoms with Crippen LogP contribution in [0.1, 0.15) is 59.3 Å². The van der Waals surface area contributed by atoms with Crippen molar-refractivity contribution in [2.45, 2.75) is 69.8 Å². The van der Waals surface area contributed by atoms with Gasteiger partial charge < -0.3 is 4.79 Å². The molecule has 0 aromatic rings. The predicted octanol–water partition coefficient (Wildman–Crippen LogP) is 5.04. The lowest BCUT2D eigenvalue weighted by Gasteiger charge is -2.64. The molecule has 2 nitrogen and oxygen atoms in total. The van der Waals surface area contributed by atoms with E-state index in [-0.39, 0.29) is 23.0 Å². The summed E-state index contributed by atoms with van der Waals surface area (Å²) in [6.07, 6.45) is 6.16. The average Bonchev–Trinajstić information content (AvgIpc) is 3.27. The van der Waals surface area contributed by atoms with E-state index in [4.69, 9.17) is 0 Å². The van der Waals surface area contributed by atoms with Gasteiger partial charge in [0.1, 0.15) is 12.5 Å². The minimum absolute atomic E-state index is 0.150. The van der Waals surface area contributed by atoms with Crippen molar-refractivity contribution in [1.29, 1.82) is 0 Å². The van der Waals surface area contributed by atoms with E-state index in [0.29, 0.717) is 31.1 Å². The quantitative estimate of drug-likeness (QED) is 0.471. The van der Waals surface area contributed by atoms with E-state index in [1.165, 1.54) is 0 Å². The molecule has 0 saturated heterocycles. The van der Waals surface area contributed by atoms with Crippen molar-refractivity contribution in [1.82, 2.24) is 0 Å². The van der Waals surface area contributed by atoms with Crippen LogP contribution in [0.4, 0.5) is 4.39 Å². The molecule has 4 aliphatic rings. The SMILES string of the molecule is C[C@H]1C[C@H]1C1C2CCC3=CC(=O)CC[C@]3(C)[C@@]2(Br)[C@@H](F)C[C@]1(C)C=O. The number of rotatable bonds is 2. The highest BCUT2D eigenvalue weighted by atomic mass is 79.9. The van der Waals surface area contributed by atoms with Gasteiger partial charge >= 0.3 is 0 Å². The average molecular weight is 411 g/mol. The van der Waals surface area contributed by atoms with Gasteiger partial charge in [-0.2, -0.15) is 0 Å². The van der Waals surface area contributed by atoms with Gasteiger partial charge in [-0.1, -0.05) is 42.3 Å². The van der Waals surface area contributed by atoms with Crippen molar-refractivity contribution in [3.05, 3.63) is 11.6 Å². The Morgan fingerprint density at radius 1 is 1.32 bits per heavy atom. The van der Waals surface area contributed by atoms with Crippen LogP contribution in [0.2, 0.25) is 0 Å². The Balaban J connectivity index is 1.82. The summed E-state index contributed by atoms with van der Waals surface area (Å²) in [5, 5.41) is 0. The first-order chi connectivity index (χ1) is 11.7. The first-order valence-corrected chi connectivity index (χ1v) is 10.5. The third kappa shape index (κ3) is 2.25. The van der Waals surface area contributed by atoms with Crippen LogP contribution in [0.3, 0.4) is 0 Å². The zero-order chi connectivity index (χ0) is 18.2. The standard InChI is InChI=1S/C21H28BrFO2/c1-12-8-15(12)18-16-5-4-13-9-14(25)6-7-20(13,3)21(16,22)17(23)10-19(18,2)11-24/h9,11-12,15-18H,4-8,10H2,1-3H3/t12-,15+,16?,17-,18?,19+,20-,21-/m0/s1. The molecule has 3 saturated carbocycles. The highest BCUT2D eigenvalue weighted by Gasteiger charge is 2.69. The monoisotopic (exact) mass is 410 g/mol. The summed E-state index contributed by atoms with van der Waals surface area (Å²) in [6.45, 7) is 6.38.